The van der Waals surface area contributed by atoms with Crippen LogP contribution in [0.15, 0.2) is 84.3 Å². The zero-order valence-electron chi connectivity index (χ0n) is 21.5. The minimum atomic E-state index is -0.263. The standard InChI is InChI=1S/C29H22ClN5O6/c30-24-11-21(16-36)26(40-17-19-10-23(15-31-14-19)35-7-5-32-33-35)13-27(24)41-18-20-2-1-6-34(29(20)37)22-3-4-25-28(12-22)39-9-8-38-25/h1-7,10-16H,8-9,17-18H2. The van der Waals surface area contributed by atoms with Gasteiger partial charge in [0.25, 0.3) is 5.56 Å². The monoisotopic (exact) mass is 571 g/mol. The summed E-state index contributed by atoms with van der Waals surface area (Å²) in [6.07, 6.45) is 8.88. The Morgan fingerprint density at radius 2 is 1.78 bits per heavy atom. The van der Waals surface area contributed by atoms with Crippen LogP contribution in [0.3, 0.4) is 0 Å². The molecule has 12 heteroatoms. The number of rotatable bonds is 9. The van der Waals surface area contributed by atoms with Crippen LogP contribution in [0, 0.1) is 0 Å². The third kappa shape index (κ3) is 5.61. The van der Waals surface area contributed by atoms with Crippen LogP contribution < -0.4 is 24.5 Å². The number of halogens is 1. The molecule has 0 saturated carbocycles. The van der Waals surface area contributed by atoms with Crippen molar-refractivity contribution in [2.45, 2.75) is 13.2 Å². The number of ether oxygens (including phenoxy) is 4. The molecule has 0 atom stereocenters. The fourth-order valence-corrected chi connectivity index (χ4v) is 4.48. The van der Waals surface area contributed by atoms with Crippen molar-refractivity contribution in [2.75, 3.05) is 13.2 Å². The van der Waals surface area contributed by atoms with Gasteiger partial charge in [0.15, 0.2) is 17.8 Å². The lowest BCUT2D eigenvalue weighted by Gasteiger charge is -2.19. The van der Waals surface area contributed by atoms with Crippen molar-refractivity contribution >= 4 is 17.9 Å². The molecular weight excluding hydrogens is 550 g/mol. The van der Waals surface area contributed by atoms with Crippen LogP contribution in [0.5, 0.6) is 23.0 Å². The lowest BCUT2D eigenvalue weighted by Crippen LogP contribution is -2.23. The SMILES string of the molecule is O=Cc1cc(Cl)c(OCc2cccn(-c3ccc4c(c3)OCCO4)c2=O)cc1OCc1cncc(-n2ccnn2)c1. The molecule has 0 bridgehead atoms. The van der Waals surface area contributed by atoms with Gasteiger partial charge in [-0.05, 0) is 36.4 Å². The average Bonchev–Trinajstić information content (AvgIpc) is 3.55. The van der Waals surface area contributed by atoms with Gasteiger partial charge in [-0.1, -0.05) is 16.8 Å². The lowest BCUT2D eigenvalue weighted by molar-refractivity contribution is 0.111. The second-order valence-electron chi connectivity index (χ2n) is 8.95. The molecule has 41 heavy (non-hydrogen) atoms. The smallest absolute Gasteiger partial charge is 0.261 e. The summed E-state index contributed by atoms with van der Waals surface area (Å²) in [6.45, 7) is 0.988. The van der Waals surface area contributed by atoms with E-state index in [1.165, 1.54) is 16.7 Å². The van der Waals surface area contributed by atoms with Gasteiger partial charge in [-0.25, -0.2) is 4.68 Å². The van der Waals surface area contributed by atoms with Crippen molar-refractivity contribution in [1.29, 1.82) is 0 Å². The first-order chi connectivity index (χ1) is 20.1. The Kier molecular flexibility index (Phi) is 7.33. The fraction of sp³-hybridized carbons (Fsp3) is 0.138. The number of aromatic nitrogens is 5. The van der Waals surface area contributed by atoms with Crippen LogP contribution in [0.1, 0.15) is 21.5 Å². The van der Waals surface area contributed by atoms with Crippen molar-refractivity contribution in [1.82, 2.24) is 24.5 Å². The Morgan fingerprint density at radius 1 is 0.927 bits per heavy atom. The van der Waals surface area contributed by atoms with Gasteiger partial charge in [0.1, 0.15) is 37.9 Å². The average molecular weight is 572 g/mol. The van der Waals surface area contributed by atoms with E-state index in [0.717, 1.165) is 5.56 Å². The second-order valence-corrected chi connectivity index (χ2v) is 9.36. The van der Waals surface area contributed by atoms with E-state index < -0.39 is 0 Å². The van der Waals surface area contributed by atoms with E-state index in [4.69, 9.17) is 30.5 Å². The summed E-state index contributed by atoms with van der Waals surface area (Å²) < 4.78 is 26.2. The van der Waals surface area contributed by atoms with Gasteiger partial charge in [0.05, 0.1) is 46.1 Å². The van der Waals surface area contributed by atoms with Crippen molar-refractivity contribution in [2.24, 2.45) is 0 Å². The number of hydrogen-bond donors (Lipinski definition) is 0. The van der Waals surface area contributed by atoms with Crippen molar-refractivity contribution in [3.8, 4) is 34.4 Å². The van der Waals surface area contributed by atoms with Gasteiger partial charge in [0.2, 0.25) is 0 Å². The highest BCUT2D eigenvalue weighted by Gasteiger charge is 2.16. The van der Waals surface area contributed by atoms with E-state index in [-0.39, 0.29) is 40.9 Å². The molecule has 3 aromatic heterocycles. The first-order valence-corrected chi connectivity index (χ1v) is 12.9. The topological polar surface area (TPSA) is 120 Å². The third-order valence-corrected chi connectivity index (χ3v) is 6.56. The molecule has 4 heterocycles. The van der Waals surface area contributed by atoms with Crippen LogP contribution >= 0.6 is 11.6 Å². The van der Waals surface area contributed by atoms with E-state index in [2.05, 4.69) is 15.3 Å². The fourth-order valence-electron chi connectivity index (χ4n) is 4.25. The van der Waals surface area contributed by atoms with Gasteiger partial charge in [-0.2, -0.15) is 0 Å². The van der Waals surface area contributed by atoms with E-state index >= 15 is 0 Å². The summed E-state index contributed by atoms with van der Waals surface area (Å²) in [5, 5.41) is 7.97. The van der Waals surface area contributed by atoms with Gasteiger partial charge >= 0.3 is 0 Å². The zero-order chi connectivity index (χ0) is 28.2. The summed E-state index contributed by atoms with van der Waals surface area (Å²) in [6, 6.07) is 13.6. The zero-order valence-corrected chi connectivity index (χ0v) is 22.2. The van der Waals surface area contributed by atoms with Gasteiger partial charge in [-0.15, -0.1) is 5.10 Å². The van der Waals surface area contributed by atoms with Crippen LogP contribution in [-0.4, -0.2) is 44.0 Å². The molecular formula is C29H22ClN5O6. The number of carbonyl (C=O) groups excluding carboxylic acids is 1. The first-order valence-electron chi connectivity index (χ1n) is 12.5. The number of hydrogen-bond acceptors (Lipinski definition) is 9. The summed E-state index contributed by atoms with van der Waals surface area (Å²) in [4.78, 5) is 29.2. The van der Waals surface area contributed by atoms with Gasteiger partial charge in [-0.3, -0.25) is 19.1 Å². The minimum absolute atomic E-state index is 0.0618. The molecule has 0 amide bonds. The Balaban J connectivity index is 1.19. The molecule has 0 aliphatic carbocycles. The van der Waals surface area contributed by atoms with Crippen LogP contribution in [-0.2, 0) is 13.2 Å². The molecule has 11 nitrogen and oxygen atoms in total. The largest absolute Gasteiger partial charge is 0.488 e. The molecule has 6 rings (SSSR count). The molecule has 0 fully saturated rings. The highest BCUT2D eigenvalue weighted by molar-refractivity contribution is 6.32. The van der Waals surface area contributed by atoms with E-state index in [1.807, 2.05) is 6.07 Å². The van der Waals surface area contributed by atoms with E-state index in [9.17, 15) is 9.59 Å². The minimum Gasteiger partial charge on any atom is -0.488 e. The molecule has 1 aliphatic heterocycles. The Labute approximate surface area is 238 Å². The number of pyridine rings is 2. The maximum absolute atomic E-state index is 13.3. The predicted molar refractivity (Wildman–Crippen MR) is 148 cm³/mol. The number of nitrogens with zero attached hydrogens (tertiary/aromatic N) is 5. The normalized spacial score (nSPS) is 12.1. The van der Waals surface area contributed by atoms with Crippen LogP contribution in [0.2, 0.25) is 5.02 Å². The summed E-state index contributed by atoms with van der Waals surface area (Å²) >= 11 is 6.40. The molecule has 5 aromatic rings. The number of benzene rings is 2. The molecule has 206 valence electrons. The molecule has 0 radical (unpaired) electrons. The molecule has 2 aromatic carbocycles. The van der Waals surface area contributed by atoms with E-state index in [0.29, 0.717) is 47.9 Å². The highest BCUT2D eigenvalue weighted by Crippen LogP contribution is 2.34. The molecule has 1 aliphatic rings. The Hall–Kier alpha value is -5.16. The molecule has 0 unspecified atom stereocenters. The second kappa shape index (κ2) is 11.5. The van der Waals surface area contributed by atoms with Gasteiger partial charge < -0.3 is 18.9 Å². The number of carbonyl (C=O) groups is 1. The van der Waals surface area contributed by atoms with Crippen molar-refractivity contribution < 1.29 is 23.7 Å². The van der Waals surface area contributed by atoms with Gasteiger partial charge in [0, 0.05) is 30.1 Å². The molecule has 0 spiro atoms. The summed E-state index contributed by atoms with van der Waals surface area (Å²) in [7, 11) is 0. The van der Waals surface area contributed by atoms with Crippen molar-refractivity contribution in [3.63, 3.8) is 0 Å². The lowest BCUT2D eigenvalue weighted by atomic mass is 10.2. The summed E-state index contributed by atoms with van der Waals surface area (Å²) in [5.74, 6) is 1.75. The third-order valence-electron chi connectivity index (χ3n) is 6.27. The summed E-state index contributed by atoms with van der Waals surface area (Å²) in [5.41, 5.74) is 2.48. The first kappa shape index (κ1) is 26.1. The highest BCUT2D eigenvalue weighted by atomic mass is 35.5. The van der Waals surface area contributed by atoms with E-state index in [1.54, 1.807) is 66.0 Å². The number of fused-ring (bicyclic) bond motifs is 1. The predicted octanol–water partition coefficient (Wildman–Crippen LogP) is 4.21. The Morgan fingerprint density at radius 3 is 2.61 bits per heavy atom. The van der Waals surface area contributed by atoms with Crippen LogP contribution in [0.25, 0.3) is 11.4 Å². The Bertz CT molecular complexity index is 1770. The molecule has 0 N–H and O–H groups in total. The molecule has 0 saturated heterocycles. The maximum atomic E-state index is 13.3. The number of aldehydes is 1. The van der Waals surface area contributed by atoms with Crippen molar-refractivity contribution in [3.05, 3.63) is 112 Å². The maximum Gasteiger partial charge on any atom is 0.261 e. The van der Waals surface area contributed by atoms with Crippen LogP contribution in [0.4, 0.5) is 0 Å². The quantitative estimate of drug-likeness (QED) is 0.240.